The second-order valence-electron chi connectivity index (χ2n) is 3.71. The molecule has 4 N–H and O–H groups in total. The minimum absolute atomic E-state index is 0.116. The molecule has 0 aliphatic carbocycles. The lowest BCUT2D eigenvalue weighted by atomic mass is 10.6. The van der Waals surface area contributed by atoms with Crippen LogP contribution in [0.4, 0.5) is 5.82 Å². The highest BCUT2D eigenvalue weighted by Gasteiger charge is 2.22. The molecule has 1 rings (SSSR count). The molecule has 1 heterocycles. The molecule has 1 aromatic heterocycles. The molecular formula is C9H17N5O4S. The van der Waals surface area contributed by atoms with Gasteiger partial charge in [0.25, 0.3) is 10.0 Å². The number of nitrogens with zero attached hydrogens (tertiary/aromatic N) is 2. The maximum absolute atomic E-state index is 11.9. The summed E-state index contributed by atoms with van der Waals surface area (Å²) in [5.41, 5.74) is 5.46. The zero-order valence-corrected chi connectivity index (χ0v) is 11.5. The van der Waals surface area contributed by atoms with Gasteiger partial charge < -0.3 is 20.4 Å². The molecule has 19 heavy (non-hydrogen) atoms. The van der Waals surface area contributed by atoms with E-state index >= 15 is 0 Å². The first-order valence-corrected chi connectivity index (χ1v) is 6.89. The molecule has 0 bridgehead atoms. The Morgan fingerprint density at radius 3 is 2.79 bits per heavy atom. The third kappa shape index (κ3) is 4.19. The Hall–Kier alpha value is -1.65. The van der Waals surface area contributed by atoms with Crippen LogP contribution in [0, 0.1) is 0 Å². The van der Waals surface area contributed by atoms with Crippen LogP contribution in [0.2, 0.25) is 0 Å². The van der Waals surface area contributed by atoms with Gasteiger partial charge in [-0.3, -0.25) is 4.79 Å². The molecule has 10 heteroatoms. The van der Waals surface area contributed by atoms with Crippen LogP contribution < -0.4 is 15.8 Å². The van der Waals surface area contributed by atoms with Crippen LogP contribution in [0.1, 0.15) is 0 Å². The summed E-state index contributed by atoms with van der Waals surface area (Å²) in [7, 11) is -0.874. The number of methoxy groups -OCH3 is 1. The molecule has 0 radical (unpaired) electrons. The SMILES string of the molecule is COCCNC(=O)CNS(=O)(=O)c1c(N)ncn1C. The van der Waals surface area contributed by atoms with Crippen LogP contribution in [0.3, 0.4) is 0 Å². The number of ether oxygens (including phenoxy) is 1. The van der Waals surface area contributed by atoms with Gasteiger partial charge in [-0.2, -0.15) is 0 Å². The van der Waals surface area contributed by atoms with Crippen LogP contribution in [-0.4, -0.2) is 50.7 Å². The van der Waals surface area contributed by atoms with Crippen LogP contribution in [0.5, 0.6) is 0 Å². The molecule has 0 aliphatic heterocycles. The van der Waals surface area contributed by atoms with E-state index in [-0.39, 0.29) is 17.4 Å². The van der Waals surface area contributed by atoms with Gasteiger partial charge >= 0.3 is 0 Å². The van der Waals surface area contributed by atoms with Crippen molar-refractivity contribution in [3.05, 3.63) is 6.33 Å². The monoisotopic (exact) mass is 291 g/mol. The van der Waals surface area contributed by atoms with E-state index in [9.17, 15) is 13.2 Å². The summed E-state index contributed by atoms with van der Waals surface area (Å²) in [5, 5.41) is 2.32. The van der Waals surface area contributed by atoms with Crippen LogP contribution in [-0.2, 0) is 26.6 Å². The number of aryl methyl sites for hydroxylation is 1. The summed E-state index contributed by atoms with van der Waals surface area (Å²) in [6.45, 7) is 0.286. The van der Waals surface area contributed by atoms with Crippen molar-refractivity contribution in [1.29, 1.82) is 0 Å². The van der Waals surface area contributed by atoms with Crippen molar-refractivity contribution in [3.63, 3.8) is 0 Å². The van der Waals surface area contributed by atoms with Gasteiger partial charge in [-0.1, -0.05) is 0 Å². The van der Waals surface area contributed by atoms with Crippen molar-refractivity contribution in [1.82, 2.24) is 19.6 Å². The Labute approximate surface area is 111 Å². The van der Waals surface area contributed by atoms with E-state index in [1.54, 1.807) is 0 Å². The molecular weight excluding hydrogens is 274 g/mol. The zero-order valence-electron chi connectivity index (χ0n) is 10.7. The Morgan fingerprint density at radius 2 is 2.26 bits per heavy atom. The summed E-state index contributed by atoms with van der Waals surface area (Å²) >= 11 is 0. The maximum Gasteiger partial charge on any atom is 0.260 e. The van der Waals surface area contributed by atoms with Crippen LogP contribution in [0.15, 0.2) is 11.4 Å². The molecule has 0 aromatic carbocycles. The number of nitrogen functional groups attached to an aromatic ring is 1. The summed E-state index contributed by atoms with van der Waals surface area (Å²) in [6, 6.07) is 0. The molecule has 0 saturated heterocycles. The van der Waals surface area contributed by atoms with Gasteiger partial charge in [-0.05, 0) is 0 Å². The van der Waals surface area contributed by atoms with Crippen molar-refractivity contribution in [2.24, 2.45) is 7.05 Å². The minimum Gasteiger partial charge on any atom is -0.383 e. The first-order valence-electron chi connectivity index (χ1n) is 5.40. The average molecular weight is 291 g/mol. The molecule has 0 unspecified atom stereocenters. The van der Waals surface area contributed by atoms with Crippen molar-refractivity contribution < 1.29 is 17.9 Å². The van der Waals surface area contributed by atoms with Gasteiger partial charge in [0.05, 0.1) is 19.5 Å². The Kier molecular flexibility index (Phi) is 5.27. The zero-order chi connectivity index (χ0) is 14.5. The molecule has 0 fully saturated rings. The van der Waals surface area contributed by atoms with Crippen molar-refractivity contribution in [2.75, 3.05) is 32.5 Å². The van der Waals surface area contributed by atoms with Gasteiger partial charge in [0.1, 0.15) is 0 Å². The molecule has 1 aromatic rings. The van der Waals surface area contributed by atoms with Crippen molar-refractivity contribution in [2.45, 2.75) is 5.03 Å². The summed E-state index contributed by atoms with van der Waals surface area (Å²) < 4.78 is 32.0. The molecule has 108 valence electrons. The summed E-state index contributed by atoms with van der Waals surface area (Å²) in [5.74, 6) is -0.573. The number of carbonyl (C=O) groups excluding carboxylic acids is 1. The van der Waals surface area contributed by atoms with Crippen LogP contribution in [0.25, 0.3) is 0 Å². The molecule has 0 spiro atoms. The van der Waals surface area contributed by atoms with Crippen molar-refractivity contribution in [3.8, 4) is 0 Å². The predicted molar refractivity (Wildman–Crippen MR) is 67.7 cm³/mol. The molecule has 0 atom stereocenters. The normalized spacial score (nSPS) is 11.5. The molecule has 9 nitrogen and oxygen atoms in total. The number of nitrogens with one attached hydrogen (secondary N) is 2. The first-order chi connectivity index (χ1) is 8.88. The third-order valence-electron chi connectivity index (χ3n) is 2.22. The fourth-order valence-electron chi connectivity index (χ4n) is 1.35. The van der Waals surface area contributed by atoms with Gasteiger partial charge in [0.15, 0.2) is 10.8 Å². The lowest BCUT2D eigenvalue weighted by Gasteiger charge is -2.08. The summed E-state index contributed by atoms with van der Waals surface area (Å²) in [6.07, 6.45) is 1.28. The quantitative estimate of drug-likeness (QED) is 0.501. The Balaban J connectivity index is 2.59. The number of rotatable bonds is 7. The number of sulfonamides is 1. The van der Waals surface area contributed by atoms with E-state index in [0.717, 1.165) is 0 Å². The maximum atomic E-state index is 11.9. The fraction of sp³-hybridized carbons (Fsp3) is 0.556. The van der Waals surface area contributed by atoms with E-state index in [1.165, 1.54) is 25.1 Å². The third-order valence-corrected chi connectivity index (χ3v) is 3.75. The number of imidazole rings is 1. The predicted octanol–water partition coefficient (Wildman–Crippen LogP) is -1.96. The van der Waals surface area contributed by atoms with E-state index in [1.807, 2.05) is 0 Å². The van der Waals surface area contributed by atoms with Gasteiger partial charge in [0, 0.05) is 20.7 Å². The van der Waals surface area contributed by atoms with E-state index in [4.69, 9.17) is 10.5 Å². The summed E-state index contributed by atoms with van der Waals surface area (Å²) in [4.78, 5) is 15.0. The van der Waals surface area contributed by atoms with E-state index in [2.05, 4.69) is 15.0 Å². The van der Waals surface area contributed by atoms with E-state index < -0.39 is 15.9 Å². The van der Waals surface area contributed by atoms with Crippen LogP contribution >= 0.6 is 0 Å². The minimum atomic E-state index is -3.87. The number of amides is 1. The topological polar surface area (TPSA) is 128 Å². The Morgan fingerprint density at radius 1 is 1.58 bits per heavy atom. The first kappa shape index (κ1) is 15.4. The van der Waals surface area contributed by atoms with Crippen molar-refractivity contribution >= 4 is 21.7 Å². The molecule has 1 amide bonds. The number of nitrogens with two attached hydrogens (primary N) is 1. The number of hydrogen-bond acceptors (Lipinski definition) is 6. The van der Waals surface area contributed by atoms with Gasteiger partial charge in [-0.15, -0.1) is 0 Å². The second-order valence-corrected chi connectivity index (χ2v) is 5.40. The number of aromatic nitrogens is 2. The highest BCUT2D eigenvalue weighted by atomic mass is 32.2. The number of carbonyl (C=O) groups is 1. The molecule has 0 aliphatic rings. The highest BCUT2D eigenvalue weighted by Crippen LogP contribution is 2.14. The standard InChI is InChI=1S/C9H17N5O4S/c1-14-6-12-8(10)9(14)19(16,17)13-5-7(15)11-3-4-18-2/h6,13H,3-5,10H2,1-2H3,(H,11,15). The lowest BCUT2D eigenvalue weighted by Crippen LogP contribution is -2.38. The Bertz CT molecular complexity index is 519. The lowest BCUT2D eigenvalue weighted by molar-refractivity contribution is -0.120. The fourth-order valence-corrected chi connectivity index (χ4v) is 2.56. The largest absolute Gasteiger partial charge is 0.383 e. The van der Waals surface area contributed by atoms with Gasteiger partial charge in [0.2, 0.25) is 5.91 Å². The van der Waals surface area contributed by atoms with Gasteiger partial charge in [-0.25, -0.2) is 18.1 Å². The second kappa shape index (κ2) is 6.50. The number of anilines is 1. The average Bonchev–Trinajstić information content (AvgIpc) is 2.67. The number of hydrogen-bond donors (Lipinski definition) is 3. The molecule has 0 saturated carbocycles. The van der Waals surface area contributed by atoms with E-state index in [0.29, 0.717) is 13.2 Å². The smallest absolute Gasteiger partial charge is 0.260 e. The highest BCUT2D eigenvalue weighted by molar-refractivity contribution is 7.89.